The van der Waals surface area contributed by atoms with Crippen molar-refractivity contribution >= 4 is 40.9 Å². The van der Waals surface area contributed by atoms with Gasteiger partial charge in [0.25, 0.3) is 0 Å². The molecule has 2 aliphatic heterocycles. The van der Waals surface area contributed by atoms with Gasteiger partial charge >= 0.3 is 0 Å². The number of amidine groups is 2. The van der Waals surface area contributed by atoms with Crippen molar-refractivity contribution in [2.75, 3.05) is 26.2 Å². The van der Waals surface area contributed by atoms with Crippen molar-refractivity contribution in [1.29, 1.82) is 0 Å². The van der Waals surface area contributed by atoms with Crippen molar-refractivity contribution in [3.05, 3.63) is 64.8 Å². The minimum atomic E-state index is 0.217. The van der Waals surface area contributed by atoms with Crippen LogP contribution in [0.3, 0.4) is 0 Å². The Morgan fingerprint density at radius 1 is 0.970 bits per heavy atom. The van der Waals surface area contributed by atoms with E-state index in [9.17, 15) is 0 Å². The summed E-state index contributed by atoms with van der Waals surface area (Å²) in [7, 11) is 0. The van der Waals surface area contributed by atoms with Crippen LogP contribution in [0, 0.1) is 17.8 Å². The maximum atomic E-state index is 6.04. The fourth-order valence-corrected chi connectivity index (χ4v) is 3.94. The molecular weight excluding hydrogens is 412 g/mol. The third kappa shape index (κ3) is 4.63. The van der Waals surface area contributed by atoms with E-state index in [1.807, 2.05) is 30.4 Å². The number of hydrogen-bond acceptors (Lipinski definition) is 6. The van der Waals surface area contributed by atoms with E-state index in [4.69, 9.17) is 8.83 Å². The van der Waals surface area contributed by atoms with Crippen molar-refractivity contribution in [1.82, 2.24) is 10.6 Å². The summed E-state index contributed by atoms with van der Waals surface area (Å²) in [5.74, 6) is 10.3. The SMILES string of the molecule is CC#Cc1oc(/C=C/c2cc3ccc(C4=NCCN4)cc3o2)cc1/C=C\C(C)C1=NCCN1. The molecule has 33 heavy (non-hydrogen) atoms. The Morgan fingerprint density at radius 3 is 2.55 bits per heavy atom. The van der Waals surface area contributed by atoms with Crippen LogP contribution in [0.25, 0.3) is 29.2 Å². The van der Waals surface area contributed by atoms with Gasteiger partial charge in [-0.3, -0.25) is 9.98 Å². The molecule has 6 heteroatoms. The molecule has 1 atom stereocenters. The number of aliphatic imine (C=N–C) groups is 2. The van der Waals surface area contributed by atoms with Gasteiger partial charge in [-0.05, 0) is 43.2 Å². The van der Waals surface area contributed by atoms with Gasteiger partial charge in [-0.2, -0.15) is 0 Å². The van der Waals surface area contributed by atoms with Gasteiger partial charge in [0.1, 0.15) is 28.8 Å². The van der Waals surface area contributed by atoms with Crippen LogP contribution in [-0.4, -0.2) is 37.9 Å². The molecule has 0 saturated carbocycles. The zero-order valence-corrected chi connectivity index (χ0v) is 18.8. The van der Waals surface area contributed by atoms with Crippen molar-refractivity contribution in [3.8, 4) is 11.8 Å². The number of fused-ring (bicyclic) bond motifs is 1. The Balaban J connectivity index is 1.36. The van der Waals surface area contributed by atoms with Crippen molar-refractivity contribution in [3.63, 3.8) is 0 Å². The summed E-state index contributed by atoms with van der Waals surface area (Å²) in [6, 6.07) is 10.2. The van der Waals surface area contributed by atoms with Crippen LogP contribution >= 0.6 is 0 Å². The predicted molar refractivity (Wildman–Crippen MR) is 134 cm³/mol. The second-order valence-corrected chi connectivity index (χ2v) is 8.04. The Kier molecular flexibility index (Phi) is 5.86. The van der Waals surface area contributed by atoms with E-state index >= 15 is 0 Å². The molecule has 6 nitrogen and oxygen atoms in total. The fraction of sp³-hybridized carbons (Fsp3) is 0.259. The lowest BCUT2D eigenvalue weighted by Gasteiger charge is -2.06. The van der Waals surface area contributed by atoms with Crippen LogP contribution in [0.1, 0.15) is 42.3 Å². The van der Waals surface area contributed by atoms with Crippen LogP contribution in [0.2, 0.25) is 0 Å². The lowest BCUT2D eigenvalue weighted by atomic mass is 10.1. The van der Waals surface area contributed by atoms with Crippen LogP contribution in [0.4, 0.5) is 0 Å². The molecule has 5 rings (SSSR count). The summed E-state index contributed by atoms with van der Waals surface area (Å²) in [6.45, 7) is 7.39. The highest BCUT2D eigenvalue weighted by atomic mass is 16.3. The normalized spacial score (nSPS) is 16.5. The lowest BCUT2D eigenvalue weighted by Crippen LogP contribution is -2.23. The zero-order valence-electron chi connectivity index (χ0n) is 18.8. The minimum absolute atomic E-state index is 0.217. The molecule has 166 valence electrons. The summed E-state index contributed by atoms with van der Waals surface area (Å²) in [6.07, 6.45) is 8.00. The highest BCUT2D eigenvalue weighted by Crippen LogP contribution is 2.24. The average Bonchev–Trinajstić information content (AvgIpc) is 3.62. The highest BCUT2D eigenvalue weighted by Gasteiger charge is 2.13. The van der Waals surface area contributed by atoms with E-state index < -0.39 is 0 Å². The molecule has 2 N–H and O–H groups in total. The maximum Gasteiger partial charge on any atom is 0.184 e. The molecule has 0 aliphatic carbocycles. The van der Waals surface area contributed by atoms with Crippen LogP contribution in [0.15, 0.2) is 55.2 Å². The first-order chi connectivity index (χ1) is 16.2. The van der Waals surface area contributed by atoms with Crippen LogP contribution in [0.5, 0.6) is 0 Å². The minimum Gasteiger partial charge on any atom is -0.457 e. The van der Waals surface area contributed by atoms with Gasteiger partial charge in [0.15, 0.2) is 5.76 Å². The summed E-state index contributed by atoms with van der Waals surface area (Å²) in [5.41, 5.74) is 2.83. The van der Waals surface area contributed by atoms with Crippen molar-refractivity contribution in [2.45, 2.75) is 13.8 Å². The van der Waals surface area contributed by atoms with E-state index in [0.717, 1.165) is 71.5 Å². The van der Waals surface area contributed by atoms with Gasteiger partial charge in [-0.25, -0.2) is 0 Å². The molecule has 2 aliphatic rings. The lowest BCUT2D eigenvalue weighted by molar-refractivity contribution is 0.544. The Morgan fingerprint density at radius 2 is 1.79 bits per heavy atom. The molecule has 3 aromatic rings. The Bertz CT molecular complexity index is 1360. The molecule has 0 radical (unpaired) electrons. The van der Waals surface area contributed by atoms with Gasteiger partial charge in [0, 0.05) is 35.5 Å². The quantitative estimate of drug-likeness (QED) is 0.553. The Hall–Kier alpha value is -3.98. The molecule has 0 fully saturated rings. The van der Waals surface area contributed by atoms with Gasteiger partial charge in [-0.1, -0.05) is 37.1 Å². The van der Waals surface area contributed by atoms with E-state index in [-0.39, 0.29) is 5.92 Å². The monoisotopic (exact) mass is 438 g/mol. The standard InChI is InChI=1S/C27H26N4O2/c1-3-4-24-19(6-5-18(2)26-28-11-12-29-26)15-22(32-24)9-10-23-16-20-7-8-21(17-25(20)33-23)27-30-13-14-31-27/h5-10,15-18H,11-14H2,1-2H3,(H,28,29)(H,30,31)/b6-5-,10-9+. The van der Waals surface area contributed by atoms with E-state index in [1.165, 1.54) is 0 Å². The first kappa shape index (κ1) is 20.9. The average molecular weight is 439 g/mol. The summed E-state index contributed by atoms with van der Waals surface area (Å²) < 4.78 is 12.0. The molecule has 2 aromatic heterocycles. The van der Waals surface area contributed by atoms with E-state index in [2.05, 4.69) is 63.7 Å². The first-order valence-corrected chi connectivity index (χ1v) is 11.2. The Labute approximate surface area is 193 Å². The first-order valence-electron chi connectivity index (χ1n) is 11.2. The van der Waals surface area contributed by atoms with Crippen molar-refractivity contribution in [2.24, 2.45) is 15.9 Å². The van der Waals surface area contributed by atoms with Gasteiger partial charge in [0.05, 0.1) is 13.1 Å². The molecule has 1 aromatic carbocycles. The maximum absolute atomic E-state index is 6.04. The van der Waals surface area contributed by atoms with Gasteiger partial charge in [0.2, 0.25) is 0 Å². The number of rotatable bonds is 6. The van der Waals surface area contributed by atoms with Crippen LogP contribution in [-0.2, 0) is 0 Å². The van der Waals surface area contributed by atoms with Gasteiger partial charge in [-0.15, -0.1) is 0 Å². The fourth-order valence-electron chi connectivity index (χ4n) is 3.94. The van der Waals surface area contributed by atoms with E-state index in [1.54, 1.807) is 6.92 Å². The smallest absolute Gasteiger partial charge is 0.184 e. The molecule has 0 bridgehead atoms. The second-order valence-electron chi connectivity index (χ2n) is 8.04. The van der Waals surface area contributed by atoms with Crippen molar-refractivity contribution < 1.29 is 8.83 Å². The second kappa shape index (κ2) is 9.25. The van der Waals surface area contributed by atoms with Crippen LogP contribution < -0.4 is 10.6 Å². The third-order valence-electron chi connectivity index (χ3n) is 5.61. The van der Waals surface area contributed by atoms with E-state index in [0.29, 0.717) is 5.76 Å². The number of furan rings is 2. The topological polar surface area (TPSA) is 75.1 Å². The molecule has 0 amide bonds. The number of hydrogen-bond donors (Lipinski definition) is 2. The molecule has 1 unspecified atom stereocenters. The number of nitrogens with one attached hydrogen (secondary N) is 2. The largest absolute Gasteiger partial charge is 0.457 e. The highest BCUT2D eigenvalue weighted by molar-refractivity contribution is 6.02. The van der Waals surface area contributed by atoms with Gasteiger partial charge < -0.3 is 19.5 Å². The number of nitrogens with zero attached hydrogens (tertiary/aromatic N) is 2. The zero-order chi connectivity index (χ0) is 22.6. The molecular formula is C27H26N4O2. The third-order valence-corrected chi connectivity index (χ3v) is 5.61. The summed E-state index contributed by atoms with van der Waals surface area (Å²) in [4.78, 5) is 8.97. The molecule has 4 heterocycles. The molecule has 0 saturated heterocycles. The summed E-state index contributed by atoms with van der Waals surface area (Å²) >= 11 is 0. The predicted octanol–water partition coefficient (Wildman–Crippen LogP) is 4.57. The summed E-state index contributed by atoms with van der Waals surface area (Å²) in [5, 5.41) is 7.67. The molecule has 0 spiro atoms. The number of benzene rings is 1.